The van der Waals surface area contributed by atoms with Crippen molar-refractivity contribution in [3.63, 3.8) is 0 Å². The van der Waals surface area contributed by atoms with Crippen LogP contribution in [0.2, 0.25) is 0 Å². The van der Waals surface area contributed by atoms with Gasteiger partial charge in [-0.3, -0.25) is 0 Å². The second-order valence-corrected chi connectivity index (χ2v) is 3.41. The molecule has 2 nitrogen and oxygen atoms in total. The Kier molecular flexibility index (Phi) is 4.04. The number of aliphatic hydroxyl groups is 1. The van der Waals surface area contributed by atoms with Crippen LogP contribution < -0.4 is 0 Å². The zero-order valence-electron chi connectivity index (χ0n) is 6.53. The highest BCUT2D eigenvalue weighted by Crippen LogP contribution is 2.17. The molecule has 0 saturated heterocycles. The number of hydrogen-bond acceptors (Lipinski definition) is 3. The lowest BCUT2D eigenvalue weighted by atomic mass is 10.5. The quantitative estimate of drug-likeness (QED) is 0.442. The summed E-state index contributed by atoms with van der Waals surface area (Å²) in [5.74, 6) is 0.351. The lowest BCUT2D eigenvalue weighted by Gasteiger charge is -1.98. The maximum absolute atomic E-state index is 12.5. The van der Waals surface area contributed by atoms with Crippen molar-refractivity contribution in [2.75, 3.05) is 12.4 Å². The molecule has 4 heteroatoms. The van der Waals surface area contributed by atoms with E-state index in [2.05, 4.69) is 4.98 Å². The van der Waals surface area contributed by atoms with Crippen LogP contribution in [0.4, 0.5) is 4.39 Å². The molecule has 0 spiro atoms. The average Bonchev–Trinajstić information content (AvgIpc) is 2.05. The van der Waals surface area contributed by atoms with E-state index in [0.717, 1.165) is 17.1 Å². The summed E-state index contributed by atoms with van der Waals surface area (Å²) in [7, 11) is 0. The first-order valence-corrected chi connectivity index (χ1v) is 4.66. The summed E-state index contributed by atoms with van der Waals surface area (Å²) < 4.78 is 12.5. The van der Waals surface area contributed by atoms with Crippen molar-refractivity contribution >= 4 is 11.8 Å². The van der Waals surface area contributed by atoms with Crippen LogP contribution in [0.3, 0.4) is 0 Å². The predicted octanol–water partition coefficient (Wildman–Crippen LogP) is 1.70. The van der Waals surface area contributed by atoms with Crippen LogP contribution in [0.25, 0.3) is 0 Å². The molecule has 66 valence electrons. The van der Waals surface area contributed by atoms with Crippen LogP contribution in [0.5, 0.6) is 0 Å². The highest BCUT2D eigenvalue weighted by atomic mass is 32.2. The summed E-state index contributed by atoms with van der Waals surface area (Å²) in [6.07, 6.45) is 2.17. The van der Waals surface area contributed by atoms with E-state index in [0.29, 0.717) is 0 Å². The Bertz CT molecular complexity index is 244. The Hall–Kier alpha value is -0.610. The Morgan fingerprint density at radius 2 is 2.42 bits per heavy atom. The van der Waals surface area contributed by atoms with Gasteiger partial charge in [0.05, 0.1) is 0 Å². The van der Waals surface area contributed by atoms with Gasteiger partial charge in [-0.1, -0.05) is 0 Å². The number of halogens is 1. The smallest absolute Gasteiger partial charge is 0.213 e. The Balaban J connectivity index is 2.41. The van der Waals surface area contributed by atoms with E-state index < -0.39 is 5.95 Å². The van der Waals surface area contributed by atoms with E-state index in [-0.39, 0.29) is 6.61 Å². The molecular weight excluding hydrogens is 177 g/mol. The molecule has 0 aromatic carbocycles. The molecule has 0 unspecified atom stereocenters. The number of thioether (sulfide) groups is 1. The highest BCUT2D eigenvalue weighted by Gasteiger charge is 1.95. The van der Waals surface area contributed by atoms with Crippen LogP contribution in [-0.2, 0) is 0 Å². The van der Waals surface area contributed by atoms with Gasteiger partial charge in [-0.05, 0) is 12.5 Å². The van der Waals surface area contributed by atoms with Gasteiger partial charge in [0.1, 0.15) is 0 Å². The average molecular weight is 187 g/mol. The second-order valence-electron chi connectivity index (χ2n) is 2.24. The van der Waals surface area contributed by atoms with Gasteiger partial charge >= 0.3 is 0 Å². The summed E-state index contributed by atoms with van der Waals surface area (Å²) in [5, 5.41) is 8.50. The van der Waals surface area contributed by atoms with Crippen molar-refractivity contribution in [2.45, 2.75) is 11.3 Å². The molecule has 0 radical (unpaired) electrons. The zero-order chi connectivity index (χ0) is 8.81. The SMILES string of the molecule is OCCCSc1ccnc(F)c1. The van der Waals surface area contributed by atoms with Gasteiger partial charge in [0, 0.05) is 29.5 Å². The Labute approximate surface area is 74.8 Å². The molecule has 0 atom stereocenters. The predicted molar refractivity (Wildman–Crippen MR) is 46.6 cm³/mol. The molecule has 12 heavy (non-hydrogen) atoms. The molecule has 1 aromatic heterocycles. The molecule has 1 aromatic rings. The fourth-order valence-corrected chi connectivity index (χ4v) is 1.58. The Morgan fingerprint density at radius 3 is 3.08 bits per heavy atom. The fourth-order valence-electron chi connectivity index (χ4n) is 0.729. The van der Waals surface area contributed by atoms with Crippen molar-refractivity contribution in [3.8, 4) is 0 Å². The minimum absolute atomic E-state index is 0.181. The third-order valence-electron chi connectivity index (χ3n) is 1.27. The second kappa shape index (κ2) is 5.11. The molecule has 0 fully saturated rings. The third-order valence-corrected chi connectivity index (χ3v) is 2.35. The summed E-state index contributed by atoms with van der Waals surface area (Å²) in [4.78, 5) is 4.30. The van der Waals surface area contributed by atoms with Crippen LogP contribution in [-0.4, -0.2) is 22.5 Å². The first-order chi connectivity index (χ1) is 5.83. The van der Waals surface area contributed by atoms with Gasteiger partial charge < -0.3 is 5.11 Å². The molecule has 1 heterocycles. The molecule has 0 aliphatic carbocycles. The van der Waals surface area contributed by atoms with Crippen LogP contribution in [0.1, 0.15) is 6.42 Å². The van der Waals surface area contributed by atoms with E-state index >= 15 is 0 Å². The van der Waals surface area contributed by atoms with Crippen LogP contribution in [0, 0.1) is 5.95 Å². The normalized spacial score (nSPS) is 10.2. The van der Waals surface area contributed by atoms with Gasteiger partial charge in [-0.15, -0.1) is 11.8 Å². The van der Waals surface area contributed by atoms with Crippen LogP contribution >= 0.6 is 11.8 Å². The molecule has 0 bridgehead atoms. The van der Waals surface area contributed by atoms with Crippen LogP contribution in [0.15, 0.2) is 23.2 Å². The molecule has 0 amide bonds. The molecular formula is C8H10FNOS. The number of nitrogens with zero attached hydrogens (tertiary/aromatic N) is 1. The van der Waals surface area contributed by atoms with E-state index in [1.807, 2.05) is 0 Å². The van der Waals surface area contributed by atoms with Crippen molar-refractivity contribution in [3.05, 3.63) is 24.3 Å². The molecule has 0 aliphatic rings. The molecule has 1 rings (SSSR count). The fraction of sp³-hybridized carbons (Fsp3) is 0.375. The standard InChI is InChI=1S/C8H10FNOS/c9-8-6-7(2-3-10-8)12-5-1-4-11/h2-3,6,11H,1,4-5H2. The first-order valence-electron chi connectivity index (χ1n) is 3.68. The summed E-state index contributed by atoms with van der Waals surface area (Å²) in [6, 6.07) is 3.15. The lowest BCUT2D eigenvalue weighted by Crippen LogP contribution is -1.86. The van der Waals surface area contributed by atoms with E-state index in [1.165, 1.54) is 24.0 Å². The summed E-state index contributed by atoms with van der Waals surface area (Å²) in [6.45, 7) is 0.181. The van der Waals surface area contributed by atoms with Crippen molar-refractivity contribution in [1.29, 1.82) is 0 Å². The van der Waals surface area contributed by atoms with Gasteiger partial charge in [0.2, 0.25) is 5.95 Å². The number of aliphatic hydroxyl groups excluding tert-OH is 1. The third kappa shape index (κ3) is 3.19. The van der Waals surface area contributed by atoms with Gasteiger partial charge in [-0.2, -0.15) is 4.39 Å². The Morgan fingerprint density at radius 1 is 1.58 bits per heavy atom. The van der Waals surface area contributed by atoms with E-state index in [9.17, 15) is 4.39 Å². The van der Waals surface area contributed by atoms with E-state index in [4.69, 9.17) is 5.11 Å². The van der Waals surface area contributed by atoms with E-state index in [1.54, 1.807) is 6.07 Å². The number of rotatable bonds is 4. The maximum atomic E-state index is 12.5. The van der Waals surface area contributed by atoms with Crippen molar-refractivity contribution in [1.82, 2.24) is 4.98 Å². The number of pyridine rings is 1. The topological polar surface area (TPSA) is 33.1 Å². The van der Waals surface area contributed by atoms with Crippen molar-refractivity contribution in [2.24, 2.45) is 0 Å². The number of hydrogen-bond donors (Lipinski definition) is 1. The van der Waals surface area contributed by atoms with Gasteiger partial charge in [0.15, 0.2) is 0 Å². The van der Waals surface area contributed by atoms with Gasteiger partial charge in [0.25, 0.3) is 0 Å². The minimum Gasteiger partial charge on any atom is -0.396 e. The minimum atomic E-state index is -0.455. The first kappa shape index (κ1) is 9.48. The van der Waals surface area contributed by atoms with Crippen molar-refractivity contribution < 1.29 is 9.50 Å². The monoisotopic (exact) mass is 187 g/mol. The maximum Gasteiger partial charge on any atom is 0.213 e. The zero-order valence-corrected chi connectivity index (χ0v) is 7.35. The number of aromatic nitrogens is 1. The lowest BCUT2D eigenvalue weighted by molar-refractivity contribution is 0.296. The van der Waals surface area contributed by atoms with Gasteiger partial charge in [-0.25, -0.2) is 4.98 Å². The summed E-state index contributed by atoms with van der Waals surface area (Å²) in [5.41, 5.74) is 0. The molecule has 1 N–H and O–H groups in total. The highest BCUT2D eigenvalue weighted by molar-refractivity contribution is 7.99. The molecule has 0 aliphatic heterocycles. The summed E-state index contributed by atoms with van der Waals surface area (Å²) >= 11 is 1.52. The largest absolute Gasteiger partial charge is 0.396 e. The molecule has 0 saturated carbocycles.